The minimum absolute atomic E-state index is 0.123. The summed E-state index contributed by atoms with van der Waals surface area (Å²) in [7, 11) is 0. The third-order valence-electron chi connectivity index (χ3n) is 3.45. The van der Waals surface area contributed by atoms with E-state index < -0.39 is 9.76 Å². The van der Waals surface area contributed by atoms with E-state index in [9.17, 15) is 4.79 Å². The molecule has 0 aromatic rings. The summed E-state index contributed by atoms with van der Waals surface area (Å²) < 4.78 is 3.40. The van der Waals surface area contributed by atoms with E-state index in [4.69, 9.17) is 39.5 Å². The van der Waals surface area contributed by atoms with Crippen LogP contribution in [0.3, 0.4) is 0 Å². The quantitative estimate of drug-likeness (QED) is 0.559. The third-order valence-corrected chi connectivity index (χ3v) is 3.91. The first-order valence-corrected chi connectivity index (χ1v) is 7.13. The minimum atomic E-state index is -1.97. The molecule has 0 aromatic heterocycles. The van der Waals surface area contributed by atoms with E-state index in [0.29, 0.717) is 17.8 Å². The molecule has 1 fully saturated rings. The Morgan fingerprint density at radius 1 is 1.29 bits per heavy atom. The molecule has 0 bridgehead atoms. The van der Waals surface area contributed by atoms with Crippen LogP contribution in [0.1, 0.15) is 40.0 Å². The van der Waals surface area contributed by atoms with Crippen LogP contribution < -0.4 is 0 Å². The molecule has 0 aromatic carbocycles. The number of hydrogen-bond acceptors (Lipinski definition) is 2. The summed E-state index contributed by atoms with van der Waals surface area (Å²) in [5.41, 5.74) is 0. The average molecular weight is 302 g/mol. The highest BCUT2D eigenvalue weighted by Gasteiger charge is 2.39. The molecule has 0 aliphatic heterocycles. The molecule has 5 heteroatoms. The van der Waals surface area contributed by atoms with Crippen molar-refractivity contribution in [3.63, 3.8) is 0 Å². The zero-order valence-electron chi connectivity index (χ0n) is 10.4. The SMILES string of the molecule is CC(C)[C@H]1CC[C@H](C)C[C@@H]1OC(=O)C(Cl)(Cl)Cl. The molecule has 1 aliphatic carbocycles. The Morgan fingerprint density at radius 3 is 2.35 bits per heavy atom. The lowest BCUT2D eigenvalue weighted by atomic mass is 9.75. The van der Waals surface area contributed by atoms with Crippen molar-refractivity contribution in [3.05, 3.63) is 0 Å². The Kier molecular flexibility index (Phi) is 5.42. The molecule has 0 saturated heterocycles. The number of rotatable bonds is 2. The van der Waals surface area contributed by atoms with Crippen molar-refractivity contribution >= 4 is 40.8 Å². The fraction of sp³-hybridized carbons (Fsp3) is 0.917. The van der Waals surface area contributed by atoms with Gasteiger partial charge in [-0.05, 0) is 30.6 Å². The Morgan fingerprint density at radius 2 is 1.88 bits per heavy atom. The summed E-state index contributed by atoms with van der Waals surface area (Å²) in [5, 5.41) is 0. The van der Waals surface area contributed by atoms with E-state index in [1.54, 1.807) is 0 Å². The molecule has 0 radical (unpaired) electrons. The van der Waals surface area contributed by atoms with E-state index in [-0.39, 0.29) is 6.10 Å². The number of hydrogen-bond donors (Lipinski definition) is 0. The van der Waals surface area contributed by atoms with Crippen LogP contribution in [0.2, 0.25) is 0 Å². The summed E-state index contributed by atoms with van der Waals surface area (Å²) in [6, 6.07) is 0. The summed E-state index contributed by atoms with van der Waals surface area (Å²) in [5.74, 6) is 0.628. The zero-order chi connectivity index (χ0) is 13.2. The van der Waals surface area contributed by atoms with Gasteiger partial charge in [0, 0.05) is 0 Å². The maximum atomic E-state index is 11.6. The summed E-state index contributed by atoms with van der Waals surface area (Å²) >= 11 is 16.6. The third kappa shape index (κ3) is 4.50. The van der Waals surface area contributed by atoms with Crippen LogP contribution in [0.5, 0.6) is 0 Å². The zero-order valence-corrected chi connectivity index (χ0v) is 12.6. The molecule has 2 nitrogen and oxygen atoms in total. The number of carbonyl (C=O) groups is 1. The van der Waals surface area contributed by atoms with Gasteiger partial charge in [-0.15, -0.1) is 0 Å². The largest absolute Gasteiger partial charge is 0.459 e. The fourth-order valence-corrected chi connectivity index (χ4v) is 2.59. The Labute approximate surface area is 118 Å². The number of esters is 1. The minimum Gasteiger partial charge on any atom is -0.459 e. The molecule has 0 N–H and O–H groups in total. The topological polar surface area (TPSA) is 26.3 Å². The van der Waals surface area contributed by atoms with Gasteiger partial charge in [-0.3, -0.25) is 0 Å². The van der Waals surface area contributed by atoms with Gasteiger partial charge >= 0.3 is 5.97 Å². The van der Waals surface area contributed by atoms with Gasteiger partial charge < -0.3 is 4.74 Å². The van der Waals surface area contributed by atoms with Crippen molar-refractivity contribution in [1.82, 2.24) is 0 Å². The van der Waals surface area contributed by atoms with Crippen LogP contribution >= 0.6 is 34.8 Å². The van der Waals surface area contributed by atoms with Gasteiger partial charge in [0.25, 0.3) is 3.79 Å². The molecular formula is C12H19Cl3O2. The standard InChI is InChI=1S/C12H19Cl3O2/c1-7(2)9-5-4-8(3)6-10(9)17-11(16)12(13,14)15/h7-10H,4-6H2,1-3H3/t8-,9+,10-/m0/s1. The van der Waals surface area contributed by atoms with Gasteiger partial charge in [0.15, 0.2) is 0 Å². The first kappa shape index (κ1) is 15.4. The normalized spacial score (nSPS) is 30.4. The maximum absolute atomic E-state index is 11.6. The van der Waals surface area contributed by atoms with Crippen LogP contribution in [0.25, 0.3) is 0 Å². The van der Waals surface area contributed by atoms with Gasteiger partial charge in [-0.2, -0.15) is 0 Å². The van der Waals surface area contributed by atoms with E-state index in [0.717, 1.165) is 12.8 Å². The summed E-state index contributed by atoms with van der Waals surface area (Å²) in [4.78, 5) is 11.6. The monoisotopic (exact) mass is 300 g/mol. The Balaban J connectivity index is 2.67. The molecular weight excluding hydrogens is 282 g/mol. The van der Waals surface area contributed by atoms with Crippen LogP contribution in [-0.4, -0.2) is 15.9 Å². The van der Waals surface area contributed by atoms with E-state index in [2.05, 4.69) is 20.8 Å². The molecule has 0 unspecified atom stereocenters. The first-order chi connectivity index (χ1) is 7.71. The van der Waals surface area contributed by atoms with Crippen molar-refractivity contribution in [2.24, 2.45) is 17.8 Å². The van der Waals surface area contributed by atoms with Crippen molar-refractivity contribution in [2.45, 2.75) is 49.9 Å². The molecule has 0 spiro atoms. The molecule has 3 atom stereocenters. The summed E-state index contributed by atoms with van der Waals surface area (Å²) in [6.07, 6.45) is 2.97. The molecule has 0 heterocycles. The van der Waals surface area contributed by atoms with E-state index in [1.165, 1.54) is 6.42 Å². The second-order valence-electron chi connectivity index (χ2n) is 5.27. The average Bonchev–Trinajstić information content (AvgIpc) is 2.15. The van der Waals surface area contributed by atoms with Crippen molar-refractivity contribution in [1.29, 1.82) is 0 Å². The second kappa shape index (κ2) is 5.99. The van der Waals surface area contributed by atoms with Crippen molar-refractivity contribution in [3.8, 4) is 0 Å². The van der Waals surface area contributed by atoms with Crippen LogP contribution in [0.15, 0.2) is 0 Å². The highest BCUT2D eigenvalue weighted by molar-refractivity contribution is 6.75. The number of carbonyl (C=O) groups excluding carboxylic acids is 1. The molecule has 0 amide bonds. The Bertz CT molecular complexity index is 273. The fourth-order valence-electron chi connectivity index (χ4n) is 2.45. The molecule has 17 heavy (non-hydrogen) atoms. The first-order valence-electron chi connectivity index (χ1n) is 5.99. The maximum Gasteiger partial charge on any atom is 0.358 e. The van der Waals surface area contributed by atoms with Crippen molar-refractivity contribution < 1.29 is 9.53 Å². The number of alkyl halides is 3. The predicted octanol–water partition coefficient (Wildman–Crippen LogP) is 4.36. The highest BCUT2D eigenvalue weighted by atomic mass is 35.6. The lowest BCUT2D eigenvalue weighted by Crippen LogP contribution is -2.38. The van der Waals surface area contributed by atoms with Gasteiger partial charge in [-0.25, -0.2) is 4.79 Å². The lowest BCUT2D eigenvalue weighted by molar-refractivity contribution is -0.154. The van der Waals surface area contributed by atoms with Gasteiger partial charge in [0.05, 0.1) is 0 Å². The number of halogens is 3. The van der Waals surface area contributed by atoms with E-state index in [1.807, 2.05) is 0 Å². The number of ether oxygens (including phenoxy) is 1. The molecule has 1 aliphatic rings. The lowest BCUT2D eigenvalue weighted by Gasteiger charge is -2.37. The highest BCUT2D eigenvalue weighted by Crippen LogP contribution is 2.37. The van der Waals surface area contributed by atoms with Gasteiger partial charge in [0.2, 0.25) is 0 Å². The Hall–Kier alpha value is 0.340. The van der Waals surface area contributed by atoms with Crippen LogP contribution in [-0.2, 0) is 9.53 Å². The molecule has 1 rings (SSSR count). The van der Waals surface area contributed by atoms with Gasteiger partial charge in [-0.1, -0.05) is 62.0 Å². The predicted molar refractivity (Wildman–Crippen MR) is 71.5 cm³/mol. The summed E-state index contributed by atoms with van der Waals surface area (Å²) in [6.45, 7) is 6.43. The van der Waals surface area contributed by atoms with Gasteiger partial charge in [0.1, 0.15) is 6.10 Å². The van der Waals surface area contributed by atoms with E-state index >= 15 is 0 Å². The van der Waals surface area contributed by atoms with Crippen LogP contribution in [0.4, 0.5) is 0 Å². The second-order valence-corrected chi connectivity index (χ2v) is 7.55. The van der Waals surface area contributed by atoms with Crippen molar-refractivity contribution in [2.75, 3.05) is 0 Å². The smallest absolute Gasteiger partial charge is 0.358 e. The van der Waals surface area contributed by atoms with Crippen LogP contribution in [0, 0.1) is 17.8 Å². The molecule has 100 valence electrons. The molecule has 1 saturated carbocycles.